The summed E-state index contributed by atoms with van der Waals surface area (Å²) in [4.78, 5) is 41.9. The molecule has 2 aliphatic rings. The topological polar surface area (TPSA) is 151 Å². The van der Waals surface area contributed by atoms with Crippen LogP contribution in [0.3, 0.4) is 0 Å². The van der Waals surface area contributed by atoms with Crippen LogP contribution in [0.2, 0.25) is 0 Å². The molecule has 2 saturated carbocycles. The van der Waals surface area contributed by atoms with Crippen molar-refractivity contribution in [2.45, 2.75) is 56.4 Å². The number of halogens is 2. The number of benzene rings is 2. The molecule has 1 unspecified atom stereocenters. The van der Waals surface area contributed by atoms with Crippen molar-refractivity contribution < 1.29 is 23.5 Å². The number of alkyl halides is 2. The van der Waals surface area contributed by atoms with Gasteiger partial charge in [-0.1, -0.05) is 43.2 Å². The summed E-state index contributed by atoms with van der Waals surface area (Å²) in [6, 6.07) is 9.76. The van der Waals surface area contributed by atoms with Crippen LogP contribution in [0.25, 0.3) is 11.0 Å². The van der Waals surface area contributed by atoms with E-state index in [0.717, 1.165) is 42.4 Å². The van der Waals surface area contributed by atoms with Crippen molar-refractivity contribution in [3.8, 4) is 0 Å². The van der Waals surface area contributed by atoms with E-state index in [-0.39, 0.29) is 35.2 Å². The summed E-state index contributed by atoms with van der Waals surface area (Å²) in [6.07, 6.45) is 4.66. The number of aromatic nitrogens is 2. The largest absolute Gasteiger partial charge is 0.481 e. The number of carbonyl (C=O) groups is 2. The van der Waals surface area contributed by atoms with Crippen molar-refractivity contribution in [1.29, 1.82) is 5.41 Å². The average Bonchev–Trinajstić information content (AvgIpc) is 3.49. The zero-order valence-electron chi connectivity index (χ0n) is 22.0. The van der Waals surface area contributed by atoms with Crippen molar-refractivity contribution >= 4 is 28.7 Å². The van der Waals surface area contributed by atoms with Crippen LogP contribution in [0.1, 0.15) is 67.3 Å². The van der Waals surface area contributed by atoms with Crippen LogP contribution in [0, 0.1) is 17.2 Å². The number of amidine groups is 1. The number of carbonyl (C=O) groups excluding carboxylic acids is 1. The lowest BCUT2D eigenvalue weighted by molar-refractivity contribution is -0.146. The molecule has 5 N–H and O–H groups in total. The van der Waals surface area contributed by atoms with Crippen molar-refractivity contribution in [3.05, 3.63) is 75.2 Å². The number of hydrogen-bond acceptors (Lipinski definition) is 5. The Hall–Kier alpha value is -4.15. The van der Waals surface area contributed by atoms with Gasteiger partial charge in [-0.25, -0.2) is 4.98 Å². The third-order valence-corrected chi connectivity index (χ3v) is 8.30. The number of aliphatic carboxylic acids is 1. The van der Waals surface area contributed by atoms with Gasteiger partial charge < -0.3 is 20.7 Å². The van der Waals surface area contributed by atoms with Gasteiger partial charge >= 0.3 is 11.9 Å². The van der Waals surface area contributed by atoms with Crippen LogP contribution >= 0.6 is 0 Å². The minimum absolute atomic E-state index is 0.0108. The number of nitrogens with one attached hydrogen (secondary N) is 2. The molecule has 1 amide bonds. The Balaban J connectivity index is 1.44. The highest BCUT2D eigenvalue weighted by Gasteiger charge is 2.47. The highest BCUT2D eigenvalue weighted by atomic mass is 19.3. The quantitative estimate of drug-likeness (QED) is 0.235. The number of carboxylic acids is 1. The first-order valence-corrected chi connectivity index (χ1v) is 13.3. The predicted molar refractivity (Wildman–Crippen MR) is 144 cm³/mol. The molecule has 1 aromatic heterocycles. The second-order valence-corrected chi connectivity index (χ2v) is 10.9. The van der Waals surface area contributed by atoms with Crippen LogP contribution in [0.5, 0.6) is 0 Å². The fourth-order valence-corrected chi connectivity index (χ4v) is 5.78. The van der Waals surface area contributed by atoms with Crippen LogP contribution in [-0.2, 0) is 28.1 Å². The highest BCUT2D eigenvalue weighted by Crippen LogP contribution is 2.46. The zero-order valence-corrected chi connectivity index (χ0v) is 22.0. The summed E-state index contributed by atoms with van der Waals surface area (Å²) in [6.45, 7) is 0. The van der Waals surface area contributed by atoms with Gasteiger partial charge in [-0.05, 0) is 49.3 Å². The SMILES string of the molecule is Cn1c(=O)c(C(F)(F)c2ccc(C(=N)N)cc2)nc2cc(C3(NC(=O)CC(C(=O)O)C4CCCC4)CC3)ccc21. The molecule has 2 aliphatic carbocycles. The Labute approximate surface area is 228 Å². The monoisotopic (exact) mass is 551 g/mol. The van der Waals surface area contributed by atoms with E-state index in [1.807, 2.05) is 0 Å². The van der Waals surface area contributed by atoms with E-state index >= 15 is 8.78 Å². The van der Waals surface area contributed by atoms with Crippen molar-refractivity contribution in [2.24, 2.45) is 24.6 Å². The molecule has 0 aliphatic heterocycles. The Morgan fingerprint density at radius 3 is 2.42 bits per heavy atom. The number of nitrogens with zero attached hydrogens (tertiary/aromatic N) is 2. The minimum atomic E-state index is -3.72. The van der Waals surface area contributed by atoms with Gasteiger partial charge in [0.15, 0.2) is 5.69 Å². The lowest BCUT2D eigenvalue weighted by Crippen LogP contribution is -2.38. The summed E-state index contributed by atoms with van der Waals surface area (Å²) in [5, 5.41) is 20.2. The number of carboxylic acid groups (broad SMARTS) is 1. The fourth-order valence-electron chi connectivity index (χ4n) is 5.78. The fraction of sp³-hybridized carbons (Fsp3) is 0.414. The maximum Gasteiger partial charge on any atom is 0.320 e. The number of amides is 1. The molecule has 1 heterocycles. The first kappa shape index (κ1) is 27.4. The summed E-state index contributed by atoms with van der Waals surface area (Å²) in [5.74, 6) is -6.05. The Morgan fingerprint density at radius 2 is 1.85 bits per heavy atom. The summed E-state index contributed by atoms with van der Waals surface area (Å²) in [7, 11) is 1.40. The van der Waals surface area contributed by atoms with Crippen LogP contribution in [0.4, 0.5) is 8.78 Å². The first-order valence-electron chi connectivity index (χ1n) is 13.3. The third kappa shape index (κ3) is 4.96. The van der Waals surface area contributed by atoms with Gasteiger partial charge in [0.2, 0.25) is 5.91 Å². The maximum atomic E-state index is 15.6. The number of fused-ring (bicyclic) bond motifs is 1. The zero-order chi connectivity index (χ0) is 28.8. The van der Waals surface area contributed by atoms with Gasteiger partial charge in [0, 0.05) is 24.6 Å². The van der Waals surface area contributed by atoms with Gasteiger partial charge in [-0.3, -0.25) is 19.8 Å². The molecular weight excluding hydrogens is 520 g/mol. The van der Waals surface area contributed by atoms with Gasteiger partial charge in [0.25, 0.3) is 5.56 Å². The number of nitrogens with two attached hydrogens (primary N) is 1. The molecule has 0 saturated heterocycles. The maximum absolute atomic E-state index is 15.6. The van der Waals surface area contributed by atoms with Gasteiger partial charge in [0.1, 0.15) is 5.84 Å². The van der Waals surface area contributed by atoms with E-state index in [9.17, 15) is 19.5 Å². The second kappa shape index (κ2) is 10.1. The van der Waals surface area contributed by atoms with E-state index in [0.29, 0.717) is 23.9 Å². The number of nitrogen functional groups attached to an aromatic ring is 1. The van der Waals surface area contributed by atoms with Gasteiger partial charge in [-0.15, -0.1) is 0 Å². The van der Waals surface area contributed by atoms with E-state index < -0.39 is 40.2 Å². The standard InChI is InChI=1S/C29H31F2N5O4/c1-36-22-11-10-19(28(12-13-28)35-23(37)15-20(27(39)40)16-4-2-3-5-16)14-21(22)34-24(26(36)38)29(30,31)18-8-6-17(7-9-18)25(32)33/h6-11,14,16,20H,2-5,12-13,15H2,1H3,(H3,32,33)(H,35,37)(H,39,40). The van der Waals surface area contributed by atoms with E-state index in [1.54, 1.807) is 18.2 Å². The highest BCUT2D eigenvalue weighted by molar-refractivity contribution is 5.94. The van der Waals surface area contributed by atoms with E-state index in [2.05, 4.69) is 10.3 Å². The average molecular weight is 552 g/mol. The Bertz CT molecular complexity index is 1560. The molecule has 2 aromatic carbocycles. The molecule has 210 valence electrons. The molecule has 0 radical (unpaired) electrons. The van der Waals surface area contributed by atoms with Crippen molar-refractivity contribution in [1.82, 2.24) is 14.9 Å². The van der Waals surface area contributed by atoms with E-state index in [4.69, 9.17) is 11.1 Å². The molecule has 1 atom stereocenters. The Kier molecular flexibility index (Phi) is 6.93. The summed E-state index contributed by atoms with van der Waals surface area (Å²) < 4.78 is 32.2. The molecule has 0 bridgehead atoms. The smallest absolute Gasteiger partial charge is 0.320 e. The van der Waals surface area contributed by atoms with Gasteiger partial charge in [0.05, 0.1) is 22.5 Å². The normalized spacial score (nSPS) is 17.5. The number of rotatable bonds is 9. The van der Waals surface area contributed by atoms with Crippen LogP contribution in [-0.4, -0.2) is 32.4 Å². The molecule has 3 aromatic rings. The summed E-state index contributed by atoms with van der Waals surface area (Å²) >= 11 is 0. The van der Waals surface area contributed by atoms with Crippen LogP contribution < -0.4 is 16.6 Å². The molecule has 40 heavy (non-hydrogen) atoms. The van der Waals surface area contributed by atoms with Crippen LogP contribution in [0.15, 0.2) is 47.3 Å². The lowest BCUT2D eigenvalue weighted by atomic mass is 9.87. The second-order valence-electron chi connectivity index (χ2n) is 10.9. The third-order valence-electron chi connectivity index (χ3n) is 8.30. The predicted octanol–water partition coefficient (Wildman–Crippen LogP) is 3.74. The number of aryl methyl sites for hydroxylation is 1. The minimum Gasteiger partial charge on any atom is -0.481 e. The molecule has 9 nitrogen and oxygen atoms in total. The van der Waals surface area contributed by atoms with Crippen molar-refractivity contribution in [3.63, 3.8) is 0 Å². The first-order chi connectivity index (χ1) is 18.9. The summed E-state index contributed by atoms with van der Waals surface area (Å²) in [5.41, 5.74) is 3.81. The molecule has 11 heteroatoms. The Morgan fingerprint density at radius 1 is 1.20 bits per heavy atom. The molecular formula is C29H31F2N5O4. The van der Waals surface area contributed by atoms with Crippen molar-refractivity contribution in [2.75, 3.05) is 0 Å². The lowest BCUT2D eigenvalue weighted by Gasteiger charge is -2.23. The molecule has 5 rings (SSSR count). The van der Waals surface area contributed by atoms with Gasteiger partial charge in [-0.2, -0.15) is 8.78 Å². The molecule has 0 spiro atoms. The van der Waals surface area contributed by atoms with E-state index in [1.165, 1.54) is 19.2 Å². The number of hydrogen-bond donors (Lipinski definition) is 4. The molecule has 2 fully saturated rings.